The van der Waals surface area contributed by atoms with Gasteiger partial charge in [0.2, 0.25) is 0 Å². The average Bonchev–Trinajstić information content (AvgIpc) is 2.65. The molecule has 0 radical (unpaired) electrons. The zero-order valence-electron chi connectivity index (χ0n) is 16.7. The zero-order valence-corrected chi connectivity index (χ0v) is 16.7. The minimum absolute atomic E-state index is 0.0249. The van der Waals surface area contributed by atoms with Crippen molar-refractivity contribution in [3.63, 3.8) is 0 Å². The number of nitrogens with one attached hydrogen (secondary N) is 2. The van der Waals surface area contributed by atoms with Gasteiger partial charge < -0.3 is 15.5 Å². The third kappa shape index (κ3) is 6.36. The molecule has 0 heterocycles. The summed E-state index contributed by atoms with van der Waals surface area (Å²) in [6.45, 7) is 6.89. The number of hydrogen-bond acceptors (Lipinski definition) is 2. The van der Waals surface area contributed by atoms with Crippen molar-refractivity contribution in [1.82, 2.24) is 15.5 Å². The molecule has 1 aliphatic carbocycles. The van der Waals surface area contributed by atoms with Gasteiger partial charge >= 0.3 is 0 Å². The van der Waals surface area contributed by atoms with Crippen molar-refractivity contribution in [2.75, 3.05) is 27.2 Å². The molecule has 0 aromatic heterocycles. The molecule has 5 nitrogen and oxygen atoms in total. The number of aliphatic imine (C=N–C) groups is 1. The van der Waals surface area contributed by atoms with E-state index in [1.54, 1.807) is 19.0 Å². The van der Waals surface area contributed by atoms with Crippen LogP contribution in [0.3, 0.4) is 0 Å². The van der Waals surface area contributed by atoms with Gasteiger partial charge in [0.25, 0.3) is 5.91 Å². The number of rotatable bonds is 6. The lowest BCUT2D eigenvalue weighted by molar-refractivity contribution is 0.0827. The molecule has 1 saturated carbocycles. The lowest BCUT2D eigenvalue weighted by Gasteiger charge is -2.26. The van der Waals surface area contributed by atoms with Gasteiger partial charge in [-0.1, -0.05) is 31.9 Å². The zero-order chi connectivity index (χ0) is 18.9. The molecule has 1 fully saturated rings. The number of carbonyl (C=O) groups excluding carboxylic acids is 1. The maximum atomic E-state index is 11.9. The molecule has 0 saturated heterocycles. The maximum Gasteiger partial charge on any atom is 0.253 e. The Morgan fingerprint density at radius 1 is 1.12 bits per heavy atom. The van der Waals surface area contributed by atoms with Crippen molar-refractivity contribution in [3.8, 4) is 0 Å². The molecule has 144 valence electrons. The summed E-state index contributed by atoms with van der Waals surface area (Å²) in [5, 5.41) is 6.82. The Balaban J connectivity index is 1.88. The first-order valence-electron chi connectivity index (χ1n) is 9.82. The van der Waals surface area contributed by atoms with E-state index in [1.165, 1.54) is 25.7 Å². The van der Waals surface area contributed by atoms with Crippen LogP contribution in [0, 0.1) is 11.8 Å². The van der Waals surface area contributed by atoms with Crippen molar-refractivity contribution in [1.29, 1.82) is 0 Å². The third-order valence-electron chi connectivity index (χ3n) is 5.06. The Morgan fingerprint density at radius 2 is 1.77 bits per heavy atom. The van der Waals surface area contributed by atoms with Crippen molar-refractivity contribution in [2.45, 2.75) is 46.1 Å². The van der Waals surface area contributed by atoms with Crippen LogP contribution in [-0.2, 0) is 6.54 Å². The van der Waals surface area contributed by atoms with Crippen molar-refractivity contribution in [2.24, 2.45) is 16.8 Å². The van der Waals surface area contributed by atoms with E-state index in [4.69, 9.17) is 4.99 Å². The number of benzene rings is 1. The molecule has 0 spiro atoms. The smallest absolute Gasteiger partial charge is 0.253 e. The summed E-state index contributed by atoms with van der Waals surface area (Å²) in [5.74, 6) is 2.54. The summed E-state index contributed by atoms with van der Waals surface area (Å²) < 4.78 is 0. The molecule has 5 heteroatoms. The highest BCUT2D eigenvalue weighted by Gasteiger charge is 2.18. The highest BCUT2D eigenvalue weighted by molar-refractivity contribution is 5.93. The van der Waals surface area contributed by atoms with Crippen LogP contribution in [0.15, 0.2) is 29.3 Å². The molecule has 26 heavy (non-hydrogen) atoms. The number of hydrogen-bond donors (Lipinski definition) is 2. The van der Waals surface area contributed by atoms with E-state index in [2.05, 4.69) is 24.5 Å². The lowest BCUT2D eigenvalue weighted by atomic mass is 9.83. The summed E-state index contributed by atoms with van der Waals surface area (Å²) >= 11 is 0. The predicted octanol–water partition coefficient (Wildman–Crippen LogP) is 3.27. The summed E-state index contributed by atoms with van der Waals surface area (Å²) in [4.78, 5) is 18.2. The second kappa shape index (κ2) is 10.2. The Kier molecular flexibility index (Phi) is 7.95. The normalized spacial score (nSPS) is 20.5. The molecule has 2 rings (SSSR count). The second-order valence-electron chi connectivity index (χ2n) is 7.60. The molecule has 1 aromatic carbocycles. The average molecular weight is 359 g/mol. The molecule has 0 bridgehead atoms. The van der Waals surface area contributed by atoms with Crippen LogP contribution in [0.5, 0.6) is 0 Å². The van der Waals surface area contributed by atoms with Gasteiger partial charge in [-0.15, -0.1) is 0 Å². The number of amides is 1. The van der Waals surface area contributed by atoms with Crippen LogP contribution >= 0.6 is 0 Å². The Labute approximate surface area is 158 Å². The van der Waals surface area contributed by atoms with Gasteiger partial charge in [-0.25, -0.2) is 4.99 Å². The third-order valence-corrected chi connectivity index (χ3v) is 5.06. The second-order valence-corrected chi connectivity index (χ2v) is 7.60. The maximum absolute atomic E-state index is 11.9. The number of nitrogens with zero attached hydrogens (tertiary/aromatic N) is 2. The van der Waals surface area contributed by atoms with Crippen molar-refractivity contribution >= 4 is 11.9 Å². The molecular formula is C21H34N4O. The lowest BCUT2D eigenvalue weighted by Crippen LogP contribution is -2.40. The van der Waals surface area contributed by atoms with E-state index in [0.717, 1.165) is 36.4 Å². The topological polar surface area (TPSA) is 56.7 Å². The quantitative estimate of drug-likeness (QED) is 0.606. The minimum atomic E-state index is 0.0249. The van der Waals surface area contributed by atoms with Crippen LogP contribution < -0.4 is 10.6 Å². The van der Waals surface area contributed by atoms with Gasteiger partial charge in [0.05, 0.1) is 6.54 Å². The Morgan fingerprint density at radius 3 is 2.35 bits per heavy atom. The van der Waals surface area contributed by atoms with Crippen LogP contribution in [0.2, 0.25) is 0 Å². The standard InChI is InChI=1S/C21H34N4O/c1-5-22-21(23-14-17-8-6-16(2)7-9-17)24-15-18-10-12-19(13-11-18)20(26)25(3)4/h10-13,16-17H,5-9,14-15H2,1-4H3,(H2,22,23,24). The summed E-state index contributed by atoms with van der Waals surface area (Å²) in [5.41, 5.74) is 1.81. The van der Waals surface area contributed by atoms with Gasteiger partial charge in [-0.05, 0) is 49.3 Å². The van der Waals surface area contributed by atoms with Crippen LogP contribution in [-0.4, -0.2) is 44.0 Å². The number of carbonyl (C=O) groups is 1. The fourth-order valence-corrected chi connectivity index (χ4v) is 3.30. The van der Waals surface area contributed by atoms with Crippen molar-refractivity contribution < 1.29 is 4.79 Å². The fraction of sp³-hybridized carbons (Fsp3) is 0.619. The number of guanidine groups is 1. The Hall–Kier alpha value is -2.04. The molecule has 0 aliphatic heterocycles. The van der Waals surface area contributed by atoms with Crippen LogP contribution in [0.1, 0.15) is 55.5 Å². The first-order valence-corrected chi connectivity index (χ1v) is 9.82. The summed E-state index contributed by atoms with van der Waals surface area (Å²) in [7, 11) is 3.53. The highest BCUT2D eigenvalue weighted by Crippen LogP contribution is 2.27. The van der Waals surface area contributed by atoms with Gasteiger partial charge in [-0.3, -0.25) is 4.79 Å². The first-order chi connectivity index (χ1) is 12.5. The van der Waals surface area contributed by atoms with E-state index in [0.29, 0.717) is 12.1 Å². The fourth-order valence-electron chi connectivity index (χ4n) is 3.30. The Bertz CT molecular complexity index is 587. The van der Waals surface area contributed by atoms with E-state index < -0.39 is 0 Å². The van der Waals surface area contributed by atoms with E-state index >= 15 is 0 Å². The van der Waals surface area contributed by atoms with E-state index in [9.17, 15) is 4.79 Å². The van der Waals surface area contributed by atoms with Gasteiger partial charge in [0, 0.05) is 32.7 Å². The molecule has 0 atom stereocenters. The van der Waals surface area contributed by atoms with Crippen LogP contribution in [0.4, 0.5) is 0 Å². The molecule has 1 aliphatic rings. The molecule has 2 N–H and O–H groups in total. The van der Waals surface area contributed by atoms with Gasteiger partial charge in [0.1, 0.15) is 0 Å². The van der Waals surface area contributed by atoms with Gasteiger partial charge in [-0.2, -0.15) is 0 Å². The molecular weight excluding hydrogens is 324 g/mol. The summed E-state index contributed by atoms with van der Waals surface area (Å²) in [6, 6.07) is 7.70. The largest absolute Gasteiger partial charge is 0.357 e. The monoisotopic (exact) mass is 358 g/mol. The van der Waals surface area contributed by atoms with Gasteiger partial charge in [0.15, 0.2) is 5.96 Å². The minimum Gasteiger partial charge on any atom is -0.357 e. The highest BCUT2D eigenvalue weighted by atomic mass is 16.2. The summed E-state index contributed by atoms with van der Waals surface area (Å²) in [6.07, 6.45) is 5.32. The molecule has 1 amide bonds. The molecule has 0 unspecified atom stereocenters. The van der Waals surface area contributed by atoms with E-state index in [1.807, 2.05) is 24.3 Å². The van der Waals surface area contributed by atoms with E-state index in [-0.39, 0.29) is 5.91 Å². The van der Waals surface area contributed by atoms with Crippen molar-refractivity contribution in [3.05, 3.63) is 35.4 Å². The molecule has 1 aromatic rings. The van der Waals surface area contributed by atoms with Crippen LogP contribution in [0.25, 0.3) is 0 Å². The first kappa shape index (κ1) is 20.3. The predicted molar refractivity (Wildman–Crippen MR) is 108 cm³/mol. The SMILES string of the molecule is CCNC(=NCc1ccc(C(=O)N(C)C)cc1)NCC1CCC(C)CC1.